The van der Waals surface area contributed by atoms with Gasteiger partial charge in [-0.2, -0.15) is 0 Å². The number of ketones is 1. The van der Waals surface area contributed by atoms with Gasteiger partial charge >= 0.3 is 0 Å². The van der Waals surface area contributed by atoms with Crippen LogP contribution in [-0.2, 0) is 0 Å². The lowest BCUT2D eigenvalue weighted by atomic mass is 10.1. The number of ether oxygens (including phenoxy) is 2. The Labute approximate surface area is 161 Å². The Morgan fingerprint density at radius 3 is 2.44 bits per heavy atom. The third-order valence-corrected chi connectivity index (χ3v) is 4.29. The van der Waals surface area contributed by atoms with Crippen molar-refractivity contribution in [1.82, 2.24) is 4.90 Å². The maximum absolute atomic E-state index is 12.6. The third-order valence-electron chi connectivity index (χ3n) is 4.29. The smallest absolute Gasteiger partial charge is 0.189 e. The molecule has 0 saturated carbocycles. The second-order valence-corrected chi connectivity index (χ2v) is 6.58. The lowest BCUT2D eigenvalue weighted by molar-refractivity contribution is 0.104. The maximum atomic E-state index is 12.6. The molecule has 0 fully saturated rings. The number of allylic oxidation sites excluding steroid dienone is 1. The zero-order valence-electron chi connectivity index (χ0n) is 16.7. The highest BCUT2D eigenvalue weighted by Crippen LogP contribution is 2.25. The van der Waals surface area contributed by atoms with E-state index in [4.69, 9.17) is 9.47 Å². The number of benzene rings is 2. The third kappa shape index (κ3) is 5.86. The average molecular weight is 368 g/mol. The summed E-state index contributed by atoms with van der Waals surface area (Å²) in [7, 11) is 9.32. The van der Waals surface area contributed by atoms with Crippen molar-refractivity contribution in [3.8, 4) is 11.5 Å². The average Bonchev–Trinajstić information content (AvgIpc) is 2.69. The Bertz CT molecular complexity index is 800. The molecule has 0 aliphatic rings. The second-order valence-electron chi connectivity index (χ2n) is 6.58. The minimum Gasteiger partial charge on any atom is -0.497 e. The summed E-state index contributed by atoms with van der Waals surface area (Å²) in [6, 6.07) is 13.3. The molecule has 2 aromatic carbocycles. The zero-order chi connectivity index (χ0) is 19.8. The molecule has 0 N–H and O–H groups in total. The van der Waals surface area contributed by atoms with E-state index < -0.39 is 0 Å². The molecular weight excluding hydrogens is 340 g/mol. The molecule has 2 rings (SSSR count). The fourth-order valence-corrected chi connectivity index (χ4v) is 2.61. The van der Waals surface area contributed by atoms with Crippen molar-refractivity contribution in [3.05, 3.63) is 59.7 Å². The van der Waals surface area contributed by atoms with Gasteiger partial charge in [0.15, 0.2) is 5.78 Å². The Kier molecular flexibility index (Phi) is 7.44. The van der Waals surface area contributed by atoms with E-state index in [1.807, 2.05) is 18.2 Å². The van der Waals surface area contributed by atoms with Crippen LogP contribution >= 0.6 is 0 Å². The van der Waals surface area contributed by atoms with Crippen LogP contribution in [0.5, 0.6) is 11.5 Å². The van der Waals surface area contributed by atoms with Gasteiger partial charge in [0.25, 0.3) is 0 Å². The van der Waals surface area contributed by atoms with Gasteiger partial charge in [0.05, 0.1) is 19.8 Å². The number of likely N-dealkylation sites (N-methyl/N-ethyl adjacent to an activating group) is 2. The molecule has 5 nitrogen and oxygen atoms in total. The summed E-state index contributed by atoms with van der Waals surface area (Å²) in [6.45, 7) is 1.91. The molecule has 0 atom stereocenters. The van der Waals surface area contributed by atoms with E-state index in [0.717, 1.165) is 24.3 Å². The van der Waals surface area contributed by atoms with Gasteiger partial charge in [-0.05, 0) is 50.0 Å². The van der Waals surface area contributed by atoms with Crippen LogP contribution in [0.2, 0.25) is 0 Å². The Morgan fingerprint density at radius 1 is 1.00 bits per heavy atom. The van der Waals surface area contributed by atoms with Gasteiger partial charge < -0.3 is 19.3 Å². The first-order chi connectivity index (χ1) is 12.9. The minimum absolute atomic E-state index is 0.110. The number of nitrogens with zero attached hydrogens (tertiary/aromatic N) is 2. The maximum Gasteiger partial charge on any atom is 0.189 e. The Hall–Kier alpha value is -2.79. The standard InChI is InChI=1S/C22H28N2O3/c1-23(2)13-14-24(3)18-8-6-7-17(15-18)9-12-21(25)20-11-10-19(26-4)16-22(20)27-5/h6-12,15-16H,13-14H2,1-5H3. The molecule has 0 unspecified atom stereocenters. The molecule has 0 radical (unpaired) electrons. The summed E-state index contributed by atoms with van der Waals surface area (Å²) < 4.78 is 10.5. The largest absolute Gasteiger partial charge is 0.497 e. The predicted molar refractivity (Wildman–Crippen MR) is 111 cm³/mol. The van der Waals surface area contributed by atoms with E-state index in [1.165, 1.54) is 0 Å². The van der Waals surface area contributed by atoms with Crippen LogP contribution in [0, 0.1) is 0 Å². The summed E-state index contributed by atoms with van der Waals surface area (Å²) in [4.78, 5) is 16.9. The number of methoxy groups -OCH3 is 2. The molecule has 0 aliphatic carbocycles. The first kappa shape index (κ1) is 20.5. The van der Waals surface area contributed by atoms with Crippen LogP contribution in [0.25, 0.3) is 6.08 Å². The van der Waals surface area contributed by atoms with E-state index >= 15 is 0 Å². The van der Waals surface area contributed by atoms with Gasteiger partial charge in [0.2, 0.25) is 0 Å². The van der Waals surface area contributed by atoms with Crippen molar-refractivity contribution in [1.29, 1.82) is 0 Å². The summed E-state index contributed by atoms with van der Waals surface area (Å²) in [6.07, 6.45) is 3.40. The molecule has 144 valence electrons. The summed E-state index contributed by atoms with van der Waals surface area (Å²) in [5.41, 5.74) is 2.60. The minimum atomic E-state index is -0.110. The van der Waals surface area contributed by atoms with Crippen molar-refractivity contribution in [3.63, 3.8) is 0 Å². The number of carbonyl (C=O) groups excluding carboxylic acids is 1. The van der Waals surface area contributed by atoms with Gasteiger partial charge in [0.1, 0.15) is 11.5 Å². The highest BCUT2D eigenvalue weighted by molar-refractivity contribution is 6.08. The first-order valence-electron chi connectivity index (χ1n) is 8.85. The summed E-state index contributed by atoms with van der Waals surface area (Å²) in [5.74, 6) is 1.04. The summed E-state index contributed by atoms with van der Waals surface area (Å²) >= 11 is 0. The highest BCUT2D eigenvalue weighted by atomic mass is 16.5. The van der Waals surface area contributed by atoms with Crippen molar-refractivity contribution in [2.75, 3.05) is 53.4 Å². The topological polar surface area (TPSA) is 42.0 Å². The summed E-state index contributed by atoms with van der Waals surface area (Å²) in [5, 5.41) is 0. The van der Waals surface area contributed by atoms with E-state index in [2.05, 4.69) is 43.1 Å². The molecule has 0 spiro atoms. The Morgan fingerprint density at radius 2 is 1.78 bits per heavy atom. The van der Waals surface area contributed by atoms with Crippen LogP contribution in [0.3, 0.4) is 0 Å². The lowest BCUT2D eigenvalue weighted by Gasteiger charge is -2.21. The van der Waals surface area contributed by atoms with Gasteiger partial charge in [-0.3, -0.25) is 4.79 Å². The normalized spacial score (nSPS) is 11.0. The van der Waals surface area contributed by atoms with Crippen molar-refractivity contribution < 1.29 is 14.3 Å². The number of rotatable bonds is 9. The molecule has 0 bridgehead atoms. The highest BCUT2D eigenvalue weighted by Gasteiger charge is 2.11. The van der Waals surface area contributed by atoms with Gasteiger partial charge in [0, 0.05) is 31.9 Å². The fraction of sp³-hybridized carbons (Fsp3) is 0.318. The first-order valence-corrected chi connectivity index (χ1v) is 8.85. The molecule has 2 aromatic rings. The van der Waals surface area contributed by atoms with Crippen LogP contribution in [0.1, 0.15) is 15.9 Å². The fourth-order valence-electron chi connectivity index (χ4n) is 2.61. The molecule has 0 aromatic heterocycles. The number of hydrogen-bond donors (Lipinski definition) is 0. The SMILES string of the molecule is COc1ccc(C(=O)C=Cc2cccc(N(C)CCN(C)C)c2)c(OC)c1. The van der Waals surface area contributed by atoms with Crippen LogP contribution < -0.4 is 14.4 Å². The van der Waals surface area contributed by atoms with Crippen LogP contribution in [0.15, 0.2) is 48.5 Å². The predicted octanol–water partition coefficient (Wildman–Crippen LogP) is 3.60. The van der Waals surface area contributed by atoms with Crippen molar-refractivity contribution >= 4 is 17.5 Å². The molecule has 0 aliphatic heterocycles. The molecule has 0 saturated heterocycles. The van der Waals surface area contributed by atoms with Crippen LogP contribution in [-0.4, -0.2) is 59.1 Å². The number of anilines is 1. The molecular formula is C22H28N2O3. The van der Waals surface area contributed by atoms with Gasteiger partial charge in [-0.25, -0.2) is 0 Å². The van der Waals surface area contributed by atoms with E-state index in [0.29, 0.717) is 17.1 Å². The lowest BCUT2D eigenvalue weighted by Crippen LogP contribution is -2.28. The molecule has 27 heavy (non-hydrogen) atoms. The van der Waals surface area contributed by atoms with Crippen LogP contribution in [0.4, 0.5) is 5.69 Å². The molecule has 5 heteroatoms. The van der Waals surface area contributed by atoms with E-state index in [9.17, 15) is 4.79 Å². The zero-order valence-corrected chi connectivity index (χ0v) is 16.7. The van der Waals surface area contributed by atoms with Gasteiger partial charge in [-0.15, -0.1) is 0 Å². The Balaban J connectivity index is 2.13. The van der Waals surface area contributed by atoms with Crippen molar-refractivity contribution in [2.24, 2.45) is 0 Å². The van der Waals surface area contributed by atoms with Crippen molar-refractivity contribution in [2.45, 2.75) is 0 Å². The molecule has 0 amide bonds. The monoisotopic (exact) mass is 368 g/mol. The second kappa shape index (κ2) is 9.78. The molecule has 0 heterocycles. The quantitative estimate of drug-likeness (QED) is 0.500. The number of carbonyl (C=O) groups is 1. The van der Waals surface area contributed by atoms with Gasteiger partial charge in [-0.1, -0.05) is 18.2 Å². The van der Waals surface area contributed by atoms with E-state index in [1.54, 1.807) is 38.5 Å². The number of hydrogen-bond acceptors (Lipinski definition) is 5. The van der Waals surface area contributed by atoms with E-state index in [-0.39, 0.29) is 5.78 Å².